The molecule has 0 aromatic carbocycles. The van der Waals surface area contributed by atoms with Gasteiger partial charge in [0.25, 0.3) is 0 Å². The number of halogens is 1. The first-order chi connectivity index (χ1) is 8.15. The highest BCUT2D eigenvalue weighted by molar-refractivity contribution is 7.16. The summed E-state index contributed by atoms with van der Waals surface area (Å²) in [5.41, 5.74) is 0. The molecule has 0 unspecified atom stereocenters. The van der Waals surface area contributed by atoms with Crippen molar-refractivity contribution in [3.8, 4) is 0 Å². The Morgan fingerprint density at radius 1 is 1.65 bits per heavy atom. The standard InChI is InChI=1S/C11H15ClN2O2S/c12-10-2-1-8(17-10)3-4-13-11(16)9-5-7(15)6-14-9/h1-2,7,9,14-15H,3-6H2,(H,13,16)/t7-,9+/m1/s1. The van der Waals surface area contributed by atoms with Crippen LogP contribution in [0.2, 0.25) is 4.34 Å². The number of carbonyl (C=O) groups excluding carboxylic acids is 1. The summed E-state index contributed by atoms with van der Waals surface area (Å²) in [6, 6.07) is 3.58. The molecule has 0 spiro atoms. The number of nitrogens with one attached hydrogen (secondary N) is 2. The summed E-state index contributed by atoms with van der Waals surface area (Å²) < 4.78 is 0.770. The van der Waals surface area contributed by atoms with Gasteiger partial charge < -0.3 is 15.7 Å². The van der Waals surface area contributed by atoms with Gasteiger partial charge in [-0.05, 0) is 25.0 Å². The lowest BCUT2D eigenvalue weighted by Gasteiger charge is -2.10. The monoisotopic (exact) mass is 274 g/mol. The molecule has 2 heterocycles. The van der Waals surface area contributed by atoms with Crippen molar-refractivity contribution in [2.24, 2.45) is 0 Å². The van der Waals surface area contributed by atoms with E-state index in [-0.39, 0.29) is 11.9 Å². The predicted molar refractivity (Wildman–Crippen MR) is 68.5 cm³/mol. The van der Waals surface area contributed by atoms with Crippen LogP contribution in [0.3, 0.4) is 0 Å². The fraction of sp³-hybridized carbons (Fsp3) is 0.545. The number of amides is 1. The second kappa shape index (κ2) is 5.82. The van der Waals surface area contributed by atoms with Crippen molar-refractivity contribution in [3.63, 3.8) is 0 Å². The van der Waals surface area contributed by atoms with Crippen LogP contribution in [0.15, 0.2) is 12.1 Å². The van der Waals surface area contributed by atoms with Gasteiger partial charge >= 0.3 is 0 Å². The maximum Gasteiger partial charge on any atom is 0.237 e. The zero-order chi connectivity index (χ0) is 12.3. The van der Waals surface area contributed by atoms with Gasteiger partial charge in [-0.2, -0.15) is 0 Å². The number of aliphatic hydroxyl groups excluding tert-OH is 1. The SMILES string of the molecule is O=C(NCCc1ccc(Cl)s1)[C@@H]1C[C@@H](O)CN1. The molecule has 17 heavy (non-hydrogen) atoms. The van der Waals surface area contributed by atoms with E-state index in [1.54, 1.807) is 0 Å². The minimum absolute atomic E-state index is 0.0378. The van der Waals surface area contributed by atoms with E-state index in [0.717, 1.165) is 15.6 Å². The van der Waals surface area contributed by atoms with Gasteiger partial charge in [0, 0.05) is 18.0 Å². The highest BCUT2D eigenvalue weighted by Gasteiger charge is 2.27. The lowest BCUT2D eigenvalue weighted by Crippen LogP contribution is -2.41. The lowest BCUT2D eigenvalue weighted by atomic mass is 10.2. The molecule has 0 saturated carbocycles. The molecule has 1 aliphatic heterocycles. The van der Waals surface area contributed by atoms with Crippen LogP contribution >= 0.6 is 22.9 Å². The van der Waals surface area contributed by atoms with Crippen LogP contribution in [0.1, 0.15) is 11.3 Å². The summed E-state index contributed by atoms with van der Waals surface area (Å²) in [5.74, 6) is -0.0378. The summed E-state index contributed by atoms with van der Waals surface area (Å²) in [4.78, 5) is 12.8. The van der Waals surface area contributed by atoms with Crippen molar-refractivity contribution in [2.75, 3.05) is 13.1 Å². The van der Waals surface area contributed by atoms with Gasteiger partial charge in [0.2, 0.25) is 5.91 Å². The molecule has 6 heteroatoms. The predicted octanol–water partition coefficient (Wildman–Crippen LogP) is 0.783. The van der Waals surface area contributed by atoms with E-state index in [2.05, 4.69) is 10.6 Å². The molecular weight excluding hydrogens is 260 g/mol. The second-order valence-electron chi connectivity index (χ2n) is 4.10. The van der Waals surface area contributed by atoms with E-state index in [9.17, 15) is 9.90 Å². The molecular formula is C11H15ClN2O2S. The minimum atomic E-state index is -0.401. The average molecular weight is 275 g/mol. The van der Waals surface area contributed by atoms with E-state index in [1.165, 1.54) is 11.3 Å². The van der Waals surface area contributed by atoms with Crippen LogP contribution in [-0.2, 0) is 11.2 Å². The van der Waals surface area contributed by atoms with Crippen LogP contribution < -0.4 is 10.6 Å². The minimum Gasteiger partial charge on any atom is -0.392 e. The van der Waals surface area contributed by atoms with Crippen molar-refractivity contribution in [3.05, 3.63) is 21.3 Å². The Kier molecular flexibility index (Phi) is 4.39. The van der Waals surface area contributed by atoms with E-state index in [1.807, 2.05) is 12.1 Å². The number of rotatable bonds is 4. The Labute approximate surface area is 109 Å². The summed E-state index contributed by atoms with van der Waals surface area (Å²) in [7, 11) is 0. The normalized spacial score (nSPS) is 23.9. The maximum absolute atomic E-state index is 11.7. The van der Waals surface area contributed by atoms with Gasteiger partial charge in [-0.15, -0.1) is 11.3 Å². The summed E-state index contributed by atoms with van der Waals surface area (Å²) in [5, 5.41) is 15.1. The number of carbonyl (C=O) groups is 1. The van der Waals surface area contributed by atoms with Gasteiger partial charge in [0.15, 0.2) is 0 Å². The number of thiophene rings is 1. The van der Waals surface area contributed by atoms with Crippen molar-refractivity contribution < 1.29 is 9.90 Å². The van der Waals surface area contributed by atoms with E-state index < -0.39 is 6.10 Å². The van der Waals surface area contributed by atoms with Crippen molar-refractivity contribution in [2.45, 2.75) is 25.0 Å². The third-order valence-electron chi connectivity index (χ3n) is 2.72. The van der Waals surface area contributed by atoms with Gasteiger partial charge in [0.1, 0.15) is 0 Å². The van der Waals surface area contributed by atoms with E-state index in [0.29, 0.717) is 19.5 Å². The first kappa shape index (κ1) is 12.8. The first-order valence-electron chi connectivity index (χ1n) is 5.58. The molecule has 0 radical (unpaired) electrons. The Morgan fingerprint density at radius 2 is 2.47 bits per heavy atom. The summed E-state index contributed by atoms with van der Waals surface area (Å²) >= 11 is 7.35. The lowest BCUT2D eigenvalue weighted by molar-refractivity contribution is -0.122. The molecule has 1 aromatic rings. The van der Waals surface area contributed by atoms with E-state index in [4.69, 9.17) is 11.6 Å². The third-order valence-corrected chi connectivity index (χ3v) is 4.01. The highest BCUT2D eigenvalue weighted by Crippen LogP contribution is 2.21. The number of aliphatic hydroxyl groups is 1. The first-order valence-corrected chi connectivity index (χ1v) is 6.78. The van der Waals surface area contributed by atoms with Gasteiger partial charge in [-0.25, -0.2) is 0 Å². The fourth-order valence-electron chi connectivity index (χ4n) is 1.83. The Balaban J connectivity index is 1.70. The molecule has 1 fully saturated rings. The Morgan fingerprint density at radius 3 is 3.06 bits per heavy atom. The molecule has 4 nitrogen and oxygen atoms in total. The molecule has 2 rings (SSSR count). The molecule has 3 N–H and O–H groups in total. The second-order valence-corrected chi connectivity index (χ2v) is 5.90. The Hall–Kier alpha value is -0.620. The highest BCUT2D eigenvalue weighted by atomic mass is 35.5. The number of hydrogen-bond acceptors (Lipinski definition) is 4. The maximum atomic E-state index is 11.7. The van der Waals surface area contributed by atoms with Crippen molar-refractivity contribution >= 4 is 28.8 Å². The zero-order valence-corrected chi connectivity index (χ0v) is 10.9. The summed E-state index contributed by atoms with van der Waals surface area (Å²) in [6.45, 7) is 1.10. The van der Waals surface area contributed by atoms with Crippen molar-refractivity contribution in [1.82, 2.24) is 10.6 Å². The van der Waals surface area contributed by atoms with Crippen molar-refractivity contribution in [1.29, 1.82) is 0 Å². The van der Waals surface area contributed by atoms with Crippen LogP contribution in [0.5, 0.6) is 0 Å². The van der Waals surface area contributed by atoms with Crippen LogP contribution in [0, 0.1) is 0 Å². The molecule has 1 aliphatic rings. The molecule has 1 aromatic heterocycles. The van der Waals surface area contributed by atoms with Crippen LogP contribution in [-0.4, -0.2) is 36.2 Å². The molecule has 1 saturated heterocycles. The van der Waals surface area contributed by atoms with Crippen LogP contribution in [0.25, 0.3) is 0 Å². The van der Waals surface area contributed by atoms with Gasteiger partial charge in [-0.3, -0.25) is 4.79 Å². The molecule has 94 valence electrons. The molecule has 1 amide bonds. The molecule has 0 aliphatic carbocycles. The summed E-state index contributed by atoms with van der Waals surface area (Å²) in [6.07, 6.45) is 0.886. The largest absolute Gasteiger partial charge is 0.392 e. The molecule has 0 bridgehead atoms. The molecule has 2 atom stereocenters. The number of β-amino-alcohol motifs (C(OH)–C–C–N with tert-alkyl or cyclic N) is 1. The zero-order valence-electron chi connectivity index (χ0n) is 9.28. The number of hydrogen-bond donors (Lipinski definition) is 3. The Bertz CT molecular complexity index is 397. The van der Waals surface area contributed by atoms with Gasteiger partial charge in [0.05, 0.1) is 16.5 Å². The average Bonchev–Trinajstić information content (AvgIpc) is 2.88. The topological polar surface area (TPSA) is 61.4 Å². The third kappa shape index (κ3) is 3.67. The van der Waals surface area contributed by atoms with Gasteiger partial charge in [-0.1, -0.05) is 11.6 Å². The quantitative estimate of drug-likeness (QED) is 0.761. The smallest absolute Gasteiger partial charge is 0.237 e. The van der Waals surface area contributed by atoms with E-state index >= 15 is 0 Å². The fourth-order valence-corrected chi connectivity index (χ4v) is 2.92. The van der Waals surface area contributed by atoms with Crippen LogP contribution in [0.4, 0.5) is 0 Å².